The molecule has 0 bridgehead atoms. The van der Waals surface area contributed by atoms with E-state index in [0.29, 0.717) is 12.3 Å². The molecule has 0 radical (unpaired) electrons. The molecule has 1 aromatic heterocycles. The van der Waals surface area contributed by atoms with Gasteiger partial charge in [-0.15, -0.1) is 11.3 Å². The Hall–Kier alpha value is -0.870. The normalized spacial score (nSPS) is 18.8. The first kappa shape index (κ1) is 12.6. The van der Waals surface area contributed by atoms with Gasteiger partial charge in [-0.3, -0.25) is 4.79 Å². The standard InChI is InChI=1S/C13H20N2OS/c1-9(12-4-3-7-17-12)15(2)13(16)8-11(14)10-5-6-10/h3-4,7,9-11H,5-6,8,14H2,1-2H3. The average molecular weight is 252 g/mol. The third-order valence-corrected chi connectivity index (χ3v) is 4.61. The van der Waals surface area contributed by atoms with Gasteiger partial charge >= 0.3 is 0 Å². The molecule has 1 heterocycles. The molecule has 2 rings (SSSR count). The minimum Gasteiger partial charge on any atom is -0.338 e. The highest BCUT2D eigenvalue weighted by atomic mass is 32.1. The molecule has 1 fully saturated rings. The van der Waals surface area contributed by atoms with Crippen LogP contribution in [0.4, 0.5) is 0 Å². The van der Waals surface area contributed by atoms with Crippen LogP contribution < -0.4 is 5.73 Å². The van der Waals surface area contributed by atoms with Crippen molar-refractivity contribution in [1.29, 1.82) is 0 Å². The Labute approximate surface area is 107 Å². The predicted molar refractivity (Wildman–Crippen MR) is 70.8 cm³/mol. The zero-order valence-corrected chi connectivity index (χ0v) is 11.2. The molecular weight excluding hydrogens is 232 g/mol. The number of rotatable bonds is 5. The number of carbonyl (C=O) groups is 1. The third-order valence-electron chi connectivity index (χ3n) is 3.57. The summed E-state index contributed by atoms with van der Waals surface area (Å²) in [5, 5.41) is 2.04. The van der Waals surface area contributed by atoms with Crippen molar-refractivity contribution in [2.24, 2.45) is 11.7 Å². The van der Waals surface area contributed by atoms with Crippen LogP contribution >= 0.6 is 11.3 Å². The second kappa shape index (κ2) is 5.19. The Bertz CT molecular complexity index is 373. The quantitative estimate of drug-likeness (QED) is 0.874. The van der Waals surface area contributed by atoms with E-state index in [1.54, 1.807) is 11.3 Å². The Morgan fingerprint density at radius 2 is 2.35 bits per heavy atom. The zero-order chi connectivity index (χ0) is 12.4. The highest BCUT2D eigenvalue weighted by Crippen LogP contribution is 2.33. The zero-order valence-electron chi connectivity index (χ0n) is 10.4. The lowest BCUT2D eigenvalue weighted by Crippen LogP contribution is -2.35. The summed E-state index contributed by atoms with van der Waals surface area (Å²) >= 11 is 1.69. The molecule has 1 amide bonds. The Morgan fingerprint density at radius 3 is 2.88 bits per heavy atom. The van der Waals surface area contributed by atoms with Gasteiger partial charge in [-0.05, 0) is 37.1 Å². The molecular formula is C13H20N2OS. The van der Waals surface area contributed by atoms with Crippen LogP contribution in [0.2, 0.25) is 0 Å². The van der Waals surface area contributed by atoms with Crippen molar-refractivity contribution in [3.63, 3.8) is 0 Å². The van der Waals surface area contributed by atoms with Gasteiger partial charge in [0, 0.05) is 24.4 Å². The van der Waals surface area contributed by atoms with Gasteiger partial charge in [-0.2, -0.15) is 0 Å². The minimum absolute atomic E-state index is 0.0560. The molecule has 0 aliphatic heterocycles. The number of hydrogen-bond acceptors (Lipinski definition) is 3. The Kier molecular flexibility index (Phi) is 3.84. The smallest absolute Gasteiger partial charge is 0.224 e. The summed E-state index contributed by atoms with van der Waals surface area (Å²) in [5.74, 6) is 0.745. The second-order valence-corrected chi connectivity index (χ2v) is 5.88. The molecule has 1 aliphatic rings. The number of nitrogens with zero attached hydrogens (tertiary/aromatic N) is 1. The molecule has 17 heavy (non-hydrogen) atoms. The maximum Gasteiger partial charge on any atom is 0.224 e. The van der Waals surface area contributed by atoms with Crippen LogP contribution in [0.25, 0.3) is 0 Å². The number of hydrogen-bond donors (Lipinski definition) is 1. The van der Waals surface area contributed by atoms with Gasteiger partial charge < -0.3 is 10.6 Å². The molecule has 0 spiro atoms. The molecule has 1 saturated carbocycles. The third kappa shape index (κ3) is 3.07. The fourth-order valence-electron chi connectivity index (χ4n) is 1.97. The van der Waals surface area contributed by atoms with Crippen LogP contribution in [0.3, 0.4) is 0 Å². The lowest BCUT2D eigenvalue weighted by Gasteiger charge is -2.25. The second-order valence-electron chi connectivity index (χ2n) is 4.90. The van der Waals surface area contributed by atoms with Crippen molar-refractivity contribution in [1.82, 2.24) is 4.90 Å². The lowest BCUT2D eigenvalue weighted by molar-refractivity contribution is -0.132. The summed E-state index contributed by atoms with van der Waals surface area (Å²) < 4.78 is 0. The molecule has 94 valence electrons. The molecule has 0 aromatic carbocycles. The van der Waals surface area contributed by atoms with Crippen LogP contribution in [-0.4, -0.2) is 23.9 Å². The van der Waals surface area contributed by atoms with Crippen molar-refractivity contribution in [2.45, 2.75) is 38.3 Å². The summed E-state index contributed by atoms with van der Waals surface area (Å²) in [5.41, 5.74) is 5.99. The lowest BCUT2D eigenvalue weighted by atomic mass is 10.1. The van der Waals surface area contributed by atoms with E-state index in [1.807, 2.05) is 23.4 Å². The summed E-state index contributed by atoms with van der Waals surface area (Å²) in [6, 6.07) is 4.29. The monoisotopic (exact) mass is 252 g/mol. The van der Waals surface area contributed by atoms with Crippen LogP contribution in [0.15, 0.2) is 17.5 Å². The molecule has 2 unspecified atom stereocenters. The minimum atomic E-state index is 0.0560. The summed E-state index contributed by atoms with van der Waals surface area (Å²) in [6.45, 7) is 2.06. The molecule has 1 aliphatic carbocycles. The van der Waals surface area contributed by atoms with Gasteiger partial charge in [0.1, 0.15) is 0 Å². The summed E-state index contributed by atoms with van der Waals surface area (Å²) in [7, 11) is 1.87. The van der Waals surface area contributed by atoms with E-state index >= 15 is 0 Å². The average Bonchev–Trinajstić information content (AvgIpc) is 3.03. The Balaban J connectivity index is 1.89. The van der Waals surface area contributed by atoms with Crippen molar-refractivity contribution in [3.8, 4) is 0 Å². The maximum atomic E-state index is 12.1. The molecule has 4 heteroatoms. The topological polar surface area (TPSA) is 46.3 Å². The SMILES string of the molecule is CC(c1cccs1)N(C)C(=O)CC(N)C1CC1. The summed E-state index contributed by atoms with van der Waals surface area (Å²) in [4.78, 5) is 15.1. The molecule has 2 atom stereocenters. The van der Waals surface area contributed by atoms with Gasteiger partial charge in [-0.25, -0.2) is 0 Å². The molecule has 3 nitrogen and oxygen atoms in total. The maximum absolute atomic E-state index is 12.1. The molecule has 1 aromatic rings. The van der Waals surface area contributed by atoms with Gasteiger partial charge in [0.05, 0.1) is 6.04 Å². The van der Waals surface area contributed by atoms with E-state index in [0.717, 1.165) is 0 Å². The first-order chi connectivity index (χ1) is 8.09. The first-order valence-electron chi connectivity index (χ1n) is 6.14. The van der Waals surface area contributed by atoms with Crippen molar-refractivity contribution < 1.29 is 4.79 Å². The van der Waals surface area contributed by atoms with E-state index in [9.17, 15) is 4.79 Å². The van der Waals surface area contributed by atoms with Crippen molar-refractivity contribution >= 4 is 17.2 Å². The summed E-state index contributed by atoms with van der Waals surface area (Å²) in [6.07, 6.45) is 2.87. The molecule has 2 N–H and O–H groups in total. The predicted octanol–water partition coefficient (Wildman–Crippen LogP) is 2.39. The highest BCUT2D eigenvalue weighted by molar-refractivity contribution is 7.10. The fourth-order valence-corrected chi connectivity index (χ4v) is 2.80. The molecule has 0 saturated heterocycles. The van der Waals surface area contributed by atoms with Gasteiger partial charge in [0.2, 0.25) is 5.91 Å². The van der Waals surface area contributed by atoms with Gasteiger partial charge in [-0.1, -0.05) is 6.07 Å². The van der Waals surface area contributed by atoms with Crippen LogP contribution in [0.5, 0.6) is 0 Å². The van der Waals surface area contributed by atoms with E-state index < -0.39 is 0 Å². The van der Waals surface area contributed by atoms with E-state index in [2.05, 4.69) is 13.0 Å². The van der Waals surface area contributed by atoms with Gasteiger partial charge in [0.15, 0.2) is 0 Å². The largest absolute Gasteiger partial charge is 0.338 e. The number of nitrogens with two attached hydrogens (primary N) is 1. The van der Waals surface area contributed by atoms with Crippen LogP contribution in [0, 0.1) is 5.92 Å². The fraction of sp³-hybridized carbons (Fsp3) is 0.615. The van der Waals surface area contributed by atoms with Crippen molar-refractivity contribution in [2.75, 3.05) is 7.05 Å². The van der Waals surface area contributed by atoms with Crippen molar-refractivity contribution in [3.05, 3.63) is 22.4 Å². The van der Waals surface area contributed by atoms with Crippen LogP contribution in [-0.2, 0) is 4.79 Å². The number of amides is 1. The number of carbonyl (C=O) groups excluding carboxylic acids is 1. The highest BCUT2D eigenvalue weighted by Gasteiger charge is 2.31. The number of thiophene rings is 1. The van der Waals surface area contributed by atoms with E-state index in [-0.39, 0.29) is 18.0 Å². The Morgan fingerprint density at radius 1 is 1.65 bits per heavy atom. The first-order valence-corrected chi connectivity index (χ1v) is 7.02. The van der Waals surface area contributed by atoms with Crippen LogP contribution in [0.1, 0.15) is 37.1 Å². The van der Waals surface area contributed by atoms with E-state index in [1.165, 1.54) is 17.7 Å². The van der Waals surface area contributed by atoms with Gasteiger partial charge in [0.25, 0.3) is 0 Å². The van der Waals surface area contributed by atoms with E-state index in [4.69, 9.17) is 5.73 Å².